The van der Waals surface area contributed by atoms with Gasteiger partial charge in [-0.15, -0.1) is 0 Å². The Morgan fingerprint density at radius 1 is 1.27 bits per heavy atom. The lowest BCUT2D eigenvalue weighted by atomic mass is 10.0. The number of rotatable bonds is 6. The lowest BCUT2D eigenvalue weighted by Gasteiger charge is -2.38. The molecule has 1 heterocycles. The number of nitrogens with two attached hydrogens (primary N) is 1. The molecule has 30 heavy (non-hydrogen) atoms. The molecule has 160 valence electrons. The van der Waals surface area contributed by atoms with Crippen LogP contribution in [0.3, 0.4) is 0 Å². The SMILES string of the molecule is CN(Cc1ccc(Cl)cc1)C1CCN(c2cc(F)c(/C=N/NC(N)=S)cc2F)CC1. The summed E-state index contributed by atoms with van der Waals surface area (Å²) in [7, 11) is 2.09. The number of nitrogens with zero attached hydrogens (tertiary/aromatic N) is 3. The summed E-state index contributed by atoms with van der Waals surface area (Å²) < 4.78 is 29.0. The van der Waals surface area contributed by atoms with Crippen molar-refractivity contribution in [2.24, 2.45) is 10.8 Å². The van der Waals surface area contributed by atoms with E-state index >= 15 is 0 Å². The molecule has 1 aliphatic rings. The Morgan fingerprint density at radius 2 is 1.93 bits per heavy atom. The highest BCUT2D eigenvalue weighted by Gasteiger charge is 2.25. The topological polar surface area (TPSA) is 56.9 Å². The highest BCUT2D eigenvalue weighted by atomic mass is 35.5. The number of hydrazone groups is 1. The predicted molar refractivity (Wildman–Crippen MR) is 122 cm³/mol. The molecule has 0 amide bonds. The third-order valence-corrected chi connectivity index (χ3v) is 5.56. The van der Waals surface area contributed by atoms with Crippen molar-refractivity contribution in [3.63, 3.8) is 0 Å². The molecule has 0 aliphatic carbocycles. The minimum atomic E-state index is -0.554. The van der Waals surface area contributed by atoms with Gasteiger partial charge in [0.1, 0.15) is 11.6 Å². The van der Waals surface area contributed by atoms with Gasteiger partial charge in [0.15, 0.2) is 5.11 Å². The maximum absolute atomic E-state index is 14.6. The van der Waals surface area contributed by atoms with Gasteiger partial charge in [0, 0.05) is 42.3 Å². The molecule has 1 aliphatic heterocycles. The molecule has 1 fully saturated rings. The largest absolute Gasteiger partial charge is 0.375 e. The zero-order valence-corrected chi connectivity index (χ0v) is 18.2. The first-order chi connectivity index (χ1) is 14.3. The van der Waals surface area contributed by atoms with Gasteiger partial charge >= 0.3 is 0 Å². The molecule has 0 saturated carbocycles. The Hall–Kier alpha value is -2.29. The van der Waals surface area contributed by atoms with Gasteiger partial charge in [0.2, 0.25) is 0 Å². The van der Waals surface area contributed by atoms with E-state index in [4.69, 9.17) is 17.3 Å². The molecular formula is C21H24ClF2N5S. The van der Waals surface area contributed by atoms with Crippen LogP contribution < -0.4 is 16.1 Å². The first kappa shape index (κ1) is 22.4. The Bertz CT molecular complexity index is 914. The predicted octanol–water partition coefficient (Wildman–Crippen LogP) is 3.89. The van der Waals surface area contributed by atoms with E-state index in [1.165, 1.54) is 11.6 Å². The highest BCUT2D eigenvalue weighted by Crippen LogP contribution is 2.27. The monoisotopic (exact) mass is 451 g/mol. The van der Waals surface area contributed by atoms with Crippen molar-refractivity contribution in [2.75, 3.05) is 25.0 Å². The van der Waals surface area contributed by atoms with Crippen molar-refractivity contribution in [1.29, 1.82) is 0 Å². The van der Waals surface area contributed by atoms with Crippen LogP contribution in [0.2, 0.25) is 5.02 Å². The molecule has 0 aromatic heterocycles. The van der Waals surface area contributed by atoms with Crippen molar-refractivity contribution in [2.45, 2.75) is 25.4 Å². The zero-order valence-electron chi connectivity index (χ0n) is 16.6. The molecule has 0 unspecified atom stereocenters. The van der Waals surface area contributed by atoms with Crippen LogP contribution in [0.1, 0.15) is 24.0 Å². The highest BCUT2D eigenvalue weighted by molar-refractivity contribution is 7.80. The number of nitrogens with one attached hydrogen (secondary N) is 1. The molecule has 5 nitrogen and oxygen atoms in total. The number of anilines is 1. The maximum Gasteiger partial charge on any atom is 0.184 e. The summed E-state index contributed by atoms with van der Waals surface area (Å²) in [5.41, 5.74) is 9.06. The number of halogens is 3. The van der Waals surface area contributed by atoms with Crippen molar-refractivity contribution >= 4 is 40.8 Å². The molecule has 0 spiro atoms. The van der Waals surface area contributed by atoms with E-state index in [-0.39, 0.29) is 16.4 Å². The maximum atomic E-state index is 14.6. The van der Waals surface area contributed by atoms with Gasteiger partial charge in [-0.2, -0.15) is 5.10 Å². The molecule has 1 saturated heterocycles. The van der Waals surface area contributed by atoms with Gasteiger partial charge in [-0.05, 0) is 55.9 Å². The number of piperidine rings is 1. The minimum Gasteiger partial charge on any atom is -0.375 e. The van der Waals surface area contributed by atoms with Gasteiger partial charge < -0.3 is 10.6 Å². The van der Waals surface area contributed by atoms with Gasteiger partial charge in [-0.1, -0.05) is 23.7 Å². The van der Waals surface area contributed by atoms with Crippen LogP contribution in [0.5, 0.6) is 0 Å². The summed E-state index contributed by atoms with van der Waals surface area (Å²) in [5, 5.41) is 4.35. The van der Waals surface area contributed by atoms with Crippen LogP contribution in [-0.4, -0.2) is 42.4 Å². The van der Waals surface area contributed by atoms with E-state index < -0.39 is 11.6 Å². The Labute approximate surface area is 185 Å². The fraction of sp³-hybridized carbons (Fsp3) is 0.333. The standard InChI is InChI=1S/C21H24ClF2N5S/c1-28(13-14-2-4-16(22)5-3-14)17-6-8-29(9-7-17)20-11-18(23)15(10-19(20)24)12-26-27-21(25)30/h2-5,10-12,17H,6-9,13H2,1H3,(H3,25,27,30)/b26-12+. The normalized spacial score (nSPS) is 15.2. The average molecular weight is 452 g/mol. The van der Waals surface area contributed by atoms with E-state index in [9.17, 15) is 8.78 Å². The molecule has 2 aromatic rings. The van der Waals surface area contributed by atoms with Crippen molar-refractivity contribution in [3.05, 3.63) is 64.2 Å². The molecule has 3 N–H and O–H groups in total. The van der Waals surface area contributed by atoms with Gasteiger partial charge in [-0.3, -0.25) is 10.3 Å². The van der Waals surface area contributed by atoms with E-state index in [1.54, 1.807) is 0 Å². The van der Waals surface area contributed by atoms with E-state index in [2.05, 4.69) is 34.7 Å². The summed E-state index contributed by atoms with van der Waals surface area (Å²) in [6.07, 6.45) is 2.89. The number of hydrogen-bond acceptors (Lipinski definition) is 4. The zero-order chi connectivity index (χ0) is 21.7. The molecule has 2 aromatic carbocycles. The first-order valence-electron chi connectivity index (χ1n) is 9.60. The van der Waals surface area contributed by atoms with Crippen molar-refractivity contribution in [3.8, 4) is 0 Å². The smallest absolute Gasteiger partial charge is 0.184 e. The van der Waals surface area contributed by atoms with E-state index in [1.807, 2.05) is 29.2 Å². The second kappa shape index (κ2) is 10.1. The second-order valence-electron chi connectivity index (χ2n) is 7.32. The van der Waals surface area contributed by atoms with E-state index in [0.717, 1.165) is 36.7 Å². The molecule has 0 atom stereocenters. The minimum absolute atomic E-state index is 0.0255. The lowest BCUT2D eigenvalue weighted by Crippen LogP contribution is -2.43. The summed E-state index contributed by atoms with van der Waals surface area (Å²) >= 11 is 10.6. The van der Waals surface area contributed by atoms with Gasteiger partial charge in [-0.25, -0.2) is 8.78 Å². The van der Waals surface area contributed by atoms with Crippen LogP contribution in [0.15, 0.2) is 41.5 Å². The van der Waals surface area contributed by atoms with E-state index in [0.29, 0.717) is 19.1 Å². The number of benzene rings is 2. The molecule has 3 rings (SSSR count). The molecule has 0 bridgehead atoms. The summed E-state index contributed by atoms with van der Waals surface area (Å²) in [6.45, 7) is 2.13. The fourth-order valence-corrected chi connectivity index (χ4v) is 3.79. The summed E-state index contributed by atoms with van der Waals surface area (Å²) in [4.78, 5) is 4.19. The van der Waals surface area contributed by atoms with Crippen LogP contribution >= 0.6 is 23.8 Å². The Kier molecular flexibility index (Phi) is 7.58. The third kappa shape index (κ3) is 5.87. The molecular weight excluding hydrogens is 428 g/mol. The number of thiocarbonyl (C=S) groups is 1. The third-order valence-electron chi connectivity index (χ3n) is 5.22. The van der Waals surface area contributed by atoms with Crippen molar-refractivity contribution in [1.82, 2.24) is 10.3 Å². The van der Waals surface area contributed by atoms with Crippen LogP contribution in [0, 0.1) is 11.6 Å². The van der Waals surface area contributed by atoms with Gasteiger partial charge in [0.05, 0.1) is 11.9 Å². The Balaban J connectivity index is 1.60. The van der Waals surface area contributed by atoms with Crippen LogP contribution in [-0.2, 0) is 6.54 Å². The molecule has 9 heteroatoms. The van der Waals surface area contributed by atoms with Crippen LogP contribution in [0.25, 0.3) is 0 Å². The molecule has 0 radical (unpaired) electrons. The van der Waals surface area contributed by atoms with Gasteiger partial charge in [0.25, 0.3) is 0 Å². The first-order valence-corrected chi connectivity index (χ1v) is 10.4. The summed E-state index contributed by atoms with van der Waals surface area (Å²) in [5.74, 6) is -1.04. The second-order valence-corrected chi connectivity index (χ2v) is 8.20. The quantitative estimate of drug-likeness (QED) is 0.396. The Morgan fingerprint density at radius 3 is 2.57 bits per heavy atom. The fourth-order valence-electron chi connectivity index (χ4n) is 3.61. The number of hydrogen-bond donors (Lipinski definition) is 2. The average Bonchev–Trinajstić information content (AvgIpc) is 2.72. The lowest BCUT2D eigenvalue weighted by molar-refractivity contribution is 0.200. The summed E-state index contributed by atoms with van der Waals surface area (Å²) in [6, 6.07) is 10.5. The van der Waals surface area contributed by atoms with Crippen molar-refractivity contribution < 1.29 is 8.78 Å². The van der Waals surface area contributed by atoms with Crippen LogP contribution in [0.4, 0.5) is 14.5 Å².